The van der Waals surface area contributed by atoms with Crippen LogP contribution in [0.15, 0.2) is 16.7 Å². The second-order valence-corrected chi connectivity index (χ2v) is 6.98. The molecule has 0 unspecified atom stereocenters. The molecular formula is C17H29N3O. The molecule has 4 heteroatoms. The number of furan rings is 1. The van der Waals surface area contributed by atoms with Crippen LogP contribution in [0.1, 0.15) is 38.0 Å². The second kappa shape index (κ2) is 6.95. The van der Waals surface area contributed by atoms with Gasteiger partial charge in [0.1, 0.15) is 5.76 Å². The van der Waals surface area contributed by atoms with Crippen molar-refractivity contribution in [1.82, 2.24) is 15.1 Å². The second-order valence-electron chi connectivity index (χ2n) is 6.98. The number of nitrogens with zero attached hydrogens (tertiary/aromatic N) is 2. The zero-order valence-corrected chi connectivity index (χ0v) is 13.5. The van der Waals surface area contributed by atoms with Crippen molar-refractivity contribution in [3.8, 4) is 0 Å². The molecule has 0 atom stereocenters. The molecule has 3 rings (SSSR count). The Morgan fingerprint density at radius 2 is 1.90 bits per heavy atom. The van der Waals surface area contributed by atoms with Crippen molar-refractivity contribution in [2.24, 2.45) is 5.92 Å². The normalized spacial score (nSPS) is 21.3. The Hall–Kier alpha value is -0.840. The largest absolute Gasteiger partial charge is 0.468 e. The standard InChI is InChI=1S/C17H29N3O/c1-14(2)18-10-16-9-17(21-13-16)12-20-7-5-19(6-8-20)11-15-3-4-15/h9,13-15,18H,3-8,10-12H2,1-2H3. The first-order valence-corrected chi connectivity index (χ1v) is 8.43. The van der Waals surface area contributed by atoms with E-state index in [1.54, 1.807) is 0 Å². The van der Waals surface area contributed by atoms with Crippen molar-refractivity contribution in [3.63, 3.8) is 0 Å². The quantitative estimate of drug-likeness (QED) is 0.835. The lowest BCUT2D eigenvalue weighted by atomic mass is 10.2. The molecule has 1 N–H and O–H groups in total. The minimum Gasteiger partial charge on any atom is -0.468 e. The summed E-state index contributed by atoms with van der Waals surface area (Å²) in [5.41, 5.74) is 1.26. The van der Waals surface area contributed by atoms with Gasteiger partial charge in [0.25, 0.3) is 0 Å². The highest BCUT2D eigenvalue weighted by Gasteiger charge is 2.26. The Morgan fingerprint density at radius 3 is 2.57 bits per heavy atom. The van der Waals surface area contributed by atoms with Gasteiger partial charge in [0.2, 0.25) is 0 Å². The van der Waals surface area contributed by atoms with Crippen molar-refractivity contribution in [1.29, 1.82) is 0 Å². The van der Waals surface area contributed by atoms with E-state index in [2.05, 4.69) is 35.0 Å². The minimum atomic E-state index is 0.517. The molecule has 0 radical (unpaired) electrons. The van der Waals surface area contributed by atoms with E-state index >= 15 is 0 Å². The summed E-state index contributed by atoms with van der Waals surface area (Å²) in [4.78, 5) is 5.15. The van der Waals surface area contributed by atoms with Crippen LogP contribution in [-0.4, -0.2) is 48.6 Å². The summed E-state index contributed by atoms with van der Waals surface area (Å²) in [6.45, 7) is 12.3. The molecule has 1 aromatic heterocycles. The first-order valence-electron chi connectivity index (χ1n) is 8.43. The zero-order valence-electron chi connectivity index (χ0n) is 13.5. The SMILES string of the molecule is CC(C)NCc1coc(CN2CCN(CC3CC3)CC2)c1. The van der Waals surface area contributed by atoms with E-state index in [9.17, 15) is 0 Å². The predicted octanol–water partition coefficient (Wildman–Crippen LogP) is 2.31. The minimum absolute atomic E-state index is 0.517. The summed E-state index contributed by atoms with van der Waals surface area (Å²) < 4.78 is 5.71. The molecule has 1 saturated carbocycles. The van der Waals surface area contributed by atoms with Gasteiger partial charge in [-0.25, -0.2) is 0 Å². The summed E-state index contributed by atoms with van der Waals surface area (Å²) in [7, 11) is 0. The van der Waals surface area contributed by atoms with Gasteiger partial charge >= 0.3 is 0 Å². The van der Waals surface area contributed by atoms with Gasteiger partial charge in [-0.1, -0.05) is 13.8 Å². The molecule has 1 aliphatic heterocycles. The fourth-order valence-electron chi connectivity index (χ4n) is 2.94. The van der Waals surface area contributed by atoms with Gasteiger partial charge in [0.05, 0.1) is 12.8 Å². The molecule has 0 bridgehead atoms. The lowest BCUT2D eigenvalue weighted by Crippen LogP contribution is -2.46. The van der Waals surface area contributed by atoms with Gasteiger partial charge in [0.15, 0.2) is 0 Å². The molecule has 1 aliphatic carbocycles. The third-order valence-corrected chi connectivity index (χ3v) is 4.48. The summed E-state index contributed by atoms with van der Waals surface area (Å²) in [5, 5.41) is 3.43. The van der Waals surface area contributed by atoms with Gasteiger partial charge in [-0.2, -0.15) is 0 Å². The van der Waals surface area contributed by atoms with Gasteiger partial charge in [-0.3, -0.25) is 4.90 Å². The molecule has 118 valence electrons. The summed E-state index contributed by atoms with van der Waals surface area (Å²) >= 11 is 0. The number of rotatable bonds is 7. The Kier molecular flexibility index (Phi) is 4.99. The van der Waals surface area contributed by atoms with E-state index in [-0.39, 0.29) is 0 Å². The van der Waals surface area contributed by atoms with Gasteiger partial charge in [0, 0.05) is 50.9 Å². The molecule has 1 saturated heterocycles. The highest BCUT2D eigenvalue weighted by atomic mass is 16.3. The summed E-state index contributed by atoms with van der Waals surface area (Å²) in [5.74, 6) is 2.11. The van der Waals surface area contributed by atoms with Gasteiger partial charge in [-0.05, 0) is 24.8 Å². The van der Waals surface area contributed by atoms with Gasteiger partial charge < -0.3 is 14.6 Å². The van der Waals surface area contributed by atoms with Crippen LogP contribution in [0.2, 0.25) is 0 Å². The van der Waals surface area contributed by atoms with Crippen LogP contribution in [0.5, 0.6) is 0 Å². The van der Waals surface area contributed by atoms with Crippen LogP contribution >= 0.6 is 0 Å². The van der Waals surface area contributed by atoms with Crippen molar-refractivity contribution < 1.29 is 4.42 Å². The number of hydrogen-bond acceptors (Lipinski definition) is 4. The predicted molar refractivity (Wildman–Crippen MR) is 85.1 cm³/mol. The van der Waals surface area contributed by atoms with E-state index in [1.807, 2.05) is 6.26 Å². The first-order chi connectivity index (χ1) is 10.2. The average molecular weight is 291 g/mol. The Balaban J connectivity index is 1.40. The molecule has 2 heterocycles. The van der Waals surface area contributed by atoms with Crippen molar-refractivity contribution in [2.75, 3.05) is 32.7 Å². The van der Waals surface area contributed by atoms with E-state index < -0.39 is 0 Å². The monoisotopic (exact) mass is 291 g/mol. The van der Waals surface area contributed by atoms with Gasteiger partial charge in [-0.15, -0.1) is 0 Å². The maximum Gasteiger partial charge on any atom is 0.118 e. The maximum absolute atomic E-state index is 5.71. The lowest BCUT2D eigenvalue weighted by Gasteiger charge is -2.34. The molecule has 0 spiro atoms. The topological polar surface area (TPSA) is 31.7 Å². The number of piperazine rings is 1. The van der Waals surface area contributed by atoms with E-state index in [0.29, 0.717) is 6.04 Å². The van der Waals surface area contributed by atoms with Crippen LogP contribution in [0.3, 0.4) is 0 Å². The fourth-order valence-corrected chi connectivity index (χ4v) is 2.94. The highest BCUT2D eigenvalue weighted by molar-refractivity contribution is 5.12. The van der Waals surface area contributed by atoms with Crippen LogP contribution in [-0.2, 0) is 13.1 Å². The van der Waals surface area contributed by atoms with E-state index in [4.69, 9.17) is 4.42 Å². The van der Waals surface area contributed by atoms with E-state index in [1.165, 1.54) is 51.1 Å². The first kappa shape index (κ1) is 15.1. The molecule has 0 amide bonds. The Labute approximate surface area is 128 Å². The van der Waals surface area contributed by atoms with Crippen molar-refractivity contribution in [3.05, 3.63) is 23.7 Å². The van der Waals surface area contributed by atoms with Crippen LogP contribution in [0.4, 0.5) is 0 Å². The molecule has 1 aromatic rings. The summed E-state index contributed by atoms with van der Waals surface area (Å²) in [6, 6.07) is 2.72. The lowest BCUT2D eigenvalue weighted by molar-refractivity contribution is 0.117. The molecule has 21 heavy (non-hydrogen) atoms. The van der Waals surface area contributed by atoms with Crippen LogP contribution in [0.25, 0.3) is 0 Å². The third-order valence-electron chi connectivity index (χ3n) is 4.48. The molecule has 2 aliphatic rings. The molecular weight excluding hydrogens is 262 g/mol. The van der Waals surface area contributed by atoms with E-state index in [0.717, 1.165) is 24.8 Å². The van der Waals surface area contributed by atoms with Crippen molar-refractivity contribution >= 4 is 0 Å². The van der Waals surface area contributed by atoms with Crippen LogP contribution < -0.4 is 5.32 Å². The zero-order chi connectivity index (χ0) is 14.7. The van der Waals surface area contributed by atoms with Crippen LogP contribution in [0, 0.1) is 5.92 Å². The molecule has 2 fully saturated rings. The fraction of sp³-hybridized carbons (Fsp3) is 0.765. The Morgan fingerprint density at radius 1 is 1.19 bits per heavy atom. The number of nitrogens with one attached hydrogen (secondary N) is 1. The average Bonchev–Trinajstić information content (AvgIpc) is 3.16. The molecule has 0 aromatic carbocycles. The maximum atomic E-state index is 5.71. The highest BCUT2D eigenvalue weighted by Crippen LogP contribution is 2.30. The summed E-state index contributed by atoms with van der Waals surface area (Å²) in [6.07, 6.45) is 4.81. The number of hydrogen-bond donors (Lipinski definition) is 1. The third kappa shape index (κ3) is 4.83. The Bertz CT molecular complexity index is 431. The smallest absolute Gasteiger partial charge is 0.118 e. The van der Waals surface area contributed by atoms with Crippen molar-refractivity contribution in [2.45, 2.75) is 45.8 Å². The molecule has 4 nitrogen and oxygen atoms in total.